The molecule has 0 unspecified atom stereocenters. The summed E-state index contributed by atoms with van der Waals surface area (Å²) >= 11 is 5.95. The number of carbonyl (C=O) groups is 1. The summed E-state index contributed by atoms with van der Waals surface area (Å²) in [5.41, 5.74) is 1.95. The lowest BCUT2D eigenvalue weighted by Gasteiger charge is -2.07. The number of carboxylic acids is 1. The monoisotopic (exact) mass is 297 g/mol. The summed E-state index contributed by atoms with van der Waals surface area (Å²) < 4.78 is 1.32. The van der Waals surface area contributed by atoms with Crippen LogP contribution in [0.25, 0.3) is 16.9 Å². The van der Waals surface area contributed by atoms with Gasteiger partial charge in [-0.2, -0.15) is 5.10 Å². The maximum atomic E-state index is 11.3. The largest absolute Gasteiger partial charge is 0.543 e. The lowest BCUT2D eigenvalue weighted by molar-refractivity contribution is -0.255. The Balaban J connectivity index is 2.16. The highest BCUT2D eigenvalue weighted by Crippen LogP contribution is 2.22. The predicted octanol–water partition coefficient (Wildman–Crippen LogP) is 2.56. The van der Waals surface area contributed by atoms with Gasteiger partial charge in [-0.15, -0.1) is 0 Å². The molecule has 1 aromatic heterocycles. The summed E-state index contributed by atoms with van der Waals surface area (Å²) in [6.45, 7) is 0. The zero-order chi connectivity index (χ0) is 14.8. The van der Waals surface area contributed by atoms with Gasteiger partial charge < -0.3 is 9.90 Å². The third kappa shape index (κ3) is 2.66. The number of halogens is 1. The molecule has 3 aromatic rings. The van der Waals surface area contributed by atoms with Gasteiger partial charge in [-0.05, 0) is 24.3 Å². The molecule has 0 spiro atoms. The average molecular weight is 298 g/mol. The Morgan fingerprint density at radius 2 is 1.81 bits per heavy atom. The van der Waals surface area contributed by atoms with Gasteiger partial charge in [0.1, 0.15) is 0 Å². The molecule has 0 atom stereocenters. The molecule has 0 saturated carbocycles. The van der Waals surface area contributed by atoms with E-state index in [0.29, 0.717) is 16.4 Å². The molecule has 1 heterocycles. The van der Waals surface area contributed by atoms with Crippen molar-refractivity contribution in [2.45, 2.75) is 0 Å². The van der Waals surface area contributed by atoms with E-state index in [1.807, 2.05) is 30.3 Å². The van der Waals surface area contributed by atoms with Crippen molar-refractivity contribution < 1.29 is 9.90 Å². The van der Waals surface area contributed by atoms with Crippen LogP contribution in [-0.4, -0.2) is 15.7 Å². The van der Waals surface area contributed by atoms with Gasteiger partial charge >= 0.3 is 0 Å². The predicted molar refractivity (Wildman–Crippen MR) is 78.3 cm³/mol. The first-order valence-electron chi connectivity index (χ1n) is 6.28. The first-order chi connectivity index (χ1) is 10.1. The maximum Gasteiger partial charge on any atom is 0.0934 e. The number of hydrogen-bond acceptors (Lipinski definition) is 3. The third-order valence-electron chi connectivity index (χ3n) is 3.04. The second-order valence-electron chi connectivity index (χ2n) is 4.46. The Morgan fingerprint density at radius 1 is 1.05 bits per heavy atom. The minimum atomic E-state index is -1.29. The highest BCUT2D eigenvalue weighted by atomic mass is 35.5. The van der Waals surface area contributed by atoms with Gasteiger partial charge in [-0.3, -0.25) is 0 Å². The summed E-state index contributed by atoms with van der Waals surface area (Å²) in [6, 6.07) is 17.7. The molecule has 5 heteroatoms. The Bertz CT molecular complexity index is 797. The molecule has 3 rings (SSSR count). The Labute approximate surface area is 126 Å². The number of nitrogens with zero attached hydrogens (tertiary/aromatic N) is 2. The highest BCUT2D eigenvalue weighted by Gasteiger charge is 2.12. The Morgan fingerprint density at radius 3 is 2.48 bits per heavy atom. The quantitative estimate of drug-likeness (QED) is 0.746. The summed E-state index contributed by atoms with van der Waals surface area (Å²) in [4.78, 5) is 11.3. The lowest BCUT2D eigenvalue weighted by atomic mass is 10.1. The first-order valence-corrected chi connectivity index (χ1v) is 6.66. The summed E-state index contributed by atoms with van der Waals surface area (Å²) in [7, 11) is 0. The Hall–Kier alpha value is -2.59. The van der Waals surface area contributed by atoms with Crippen molar-refractivity contribution in [1.29, 1.82) is 0 Å². The van der Waals surface area contributed by atoms with Crippen LogP contribution in [0.3, 0.4) is 0 Å². The van der Waals surface area contributed by atoms with Crippen LogP contribution in [0.2, 0.25) is 5.02 Å². The van der Waals surface area contributed by atoms with Gasteiger partial charge in [-0.25, -0.2) is 4.68 Å². The minimum Gasteiger partial charge on any atom is -0.543 e. The lowest BCUT2D eigenvalue weighted by Crippen LogP contribution is -2.25. The van der Waals surface area contributed by atoms with Crippen molar-refractivity contribution >= 4 is 17.6 Å². The van der Waals surface area contributed by atoms with Crippen molar-refractivity contribution in [3.63, 3.8) is 0 Å². The molecule has 0 saturated heterocycles. The molecule has 0 radical (unpaired) electrons. The number of benzene rings is 2. The van der Waals surface area contributed by atoms with Crippen molar-refractivity contribution in [3.8, 4) is 16.9 Å². The highest BCUT2D eigenvalue weighted by molar-refractivity contribution is 6.30. The maximum absolute atomic E-state index is 11.3. The number of hydrogen-bond donors (Lipinski definition) is 0. The van der Waals surface area contributed by atoms with E-state index in [9.17, 15) is 9.90 Å². The topological polar surface area (TPSA) is 57.9 Å². The van der Waals surface area contributed by atoms with Gasteiger partial charge in [0, 0.05) is 10.6 Å². The van der Waals surface area contributed by atoms with Crippen LogP contribution in [0, 0.1) is 0 Å². The molecule has 0 aliphatic rings. The molecule has 0 fully saturated rings. The van der Waals surface area contributed by atoms with E-state index in [1.165, 1.54) is 10.7 Å². The normalized spacial score (nSPS) is 10.5. The molecule has 4 nitrogen and oxygen atoms in total. The molecule has 0 N–H and O–H groups in total. The van der Waals surface area contributed by atoms with E-state index in [0.717, 1.165) is 5.56 Å². The zero-order valence-electron chi connectivity index (χ0n) is 10.9. The second-order valence-corrected chi connectivity index (χ2v) is 4.90. The molecule has 0 aliphatic carbocycles. The van der Waals surface area contributed by atoms with Crippen LogP contribution in [0.4, 0.5) is 0 Å². The molecule has 104 valence electrons. The van der Waals surface area contributed by atoms with E-state index in [4.69, 9.17) is 11.6 Å². The fourth-order valence-corrected chi connectivity index (χ4v) is 2.27. The molecule has 21 heavy (non-hydrogen) atoms. The van der Waals surface area contributed by atoms with Gasteiger partial charge in [0.25, 0.3) is 0 Å². The average Bonchev–Trinajstić information content (AvgIpc) is 2.93. The summed E-state index contributed by atoms with van der Waals surface area (Å²) in [5, 5.41) is 16.2. The van der Waals surface area contributed by atoms with Crippen LogP contribution in [-0.2, 0) is 0 Å². The number of aromatic nitrogens is 2. The van der Waals surface area contributed by atoms with Crippen LogP contribution < -0.4 is 5.11 Å². The van der Waals surface area contributed by atoms with Gasteiger partial charge in [0.05, 0.1) is 23.0 Å². The molecule has 0 bridgehead atoms. The van der Waals surface area contributed by atoms with E-state index in [1.54, 1.807) is 24.3 Å². The van der Waals surface area contributed by atoms with E-state index < -0.39 is 5.97 Å². The van der Waals surface area contributed by atoms with Crippen LogP contribution in [0.1, 0.15) is 10.5 Å². The van der Waals surface area contributed by atoms with Gasteiger partial charge in [0.15, 0.2) is 0 Å². The molecular formula is C16H10ClN2O2-. The van der Waals surface area contributed by atoms with Gasteiger partial charge in [-0.1, -0.05) is 48.0 Å². The van der Waals surface area contributed by atoms with Crippen LogP contribution in [0.5, 0.6) is 0 Å². The molecule has 2 aromatic carbocycles. The molecule has 0 amide bonds. The number of carboxylic acid groups (broad SMARTS) is 1. The third-order valence-corrected chi connectivity index (χ3v) is 3.28. The van der Waals surface area contributed by atoms with E-state index in [2.05, 4.69) is 5.10 Å². The van der Waals surface area contributed by atoms with Gasteiger partial charge in [0.2, 0.25) is 0 Å². The van der Waals surface area contributed by atoms with E-state index in [-0.39, 0.29) is 5.69 Å². The number of rotatable bonds is 3. The molecular weight excluding hydrogens is 288 g/mol. The smallest absolute Gasteiger partial charge is 0.0934 e. The van der Waals surface area contributed by atoms with Crippen molar-refractivity contribution in [1.82, 2.24) is 9.78 Å². The van der Waals surface area contributed by atoms with Crippen LogP contribution >= 0.6 is 11.6 Å². The zero-order valence-corrected chi connectivity index (χ0v) is 11.6. The first kappa shape index (κ1) is 13.4. The second kappa shape index (κ2) is 5.42. The van der Waals surface area contributed by atoms with E-state index >= 15 is 0 Å². The fraction of sp³-hybridized carbons (Fsp3) is 0. The summed E-state index contributed by atoms with van der Waals surface area (Å²) in [6.07, 6.45) is 0. The number of aromatic carboxylic acids is 1. The standard InChI is InChI=1S/C16H11ClN2O2/c17-12-7-4-8-13(9-12)19-15(16(20)21)10-14(18-19)11-5-2-1-3-6-11/h1-10H,(H,20,21)/p-1. The minimum absolute atomic E-state index is 0.0175. The Kier molecular flexibility index (Phi) is 3.46. The van der Waals surface area contributed by atoms with Crippen molar-refractivity contribution in [3.05, 3.63) is 71.4 Å². The van der Waals surface area contributed by atoms with Crippen LogP contribution in [0.15, 0.2) is 60.7 Å². The van der Waals surface area contributed by atoms with Crippen molar-refractivity contribution in [2.75, 3.05) is 0 Å². The fourth-order valence-electron chi connectivity index (χ4n) is 2.08. The number of carbonyl (C=O) groups excluding carboxylic acids is 1. The SMILES string of the molecule is O=C([O-])c1cc(-c2ccccc2)nn1-c1cccc(Cl)c1. The molecule has 0 aliphatic heterocycles. The summed E-state index contributed by atoms with van der Waals surface area (Å²) in [5.74, 6) is -1.29. The van der Waals surface area contributed by atoms with Crippen molar-refractivity contribution in [2.24, 2.45) is 0 Å².